The number of anilines is 1. The van der Waals surface area contributed by atoms with E-state index in [2.05, 4.69) is 15.4 Å². The number of carboxylic acid groups (broad SMARTS) is 1. The highest BCUT2D eigenvalue weighted by Crippen LogP contribution is 2.09. The number of nitrogens with one attached hydrogen (secondary N) is 1. The SMILES string of the molecule is Cc1cc(C(=O)O)cc(NCCn2cccn2)n1. The van der Waals surface area contributed by atoms with E-state index in [9.17, 15) is 4.79 Å². The topological polar surface area (TPSA) is 80.0 Å². The van der Waals surface area contributed by atoms with Crippen LogP contribution in [0.3, 0.4) is 0 Å². The van der Waals surface area contributed by atoms with Gasteiger partial charge in [-0.3, -0.25) is 4.68 Å². The summed E-state index contributed by atoms with van der Waals surface area (Å²) in [6.45, 7) is 3.10. The normalized spacial score (nSPS) is 10.3. The first-order chi connectivity index (χ1) is 8.65. The van der Waals surface area contributed by atoms with Crippen molar-refractivity contribution in [1.82, 2.24) is 14.8 Å². The minimum absolute atomic E-state index is 0.240. The molecule has 0 aliphatic rings. The van der Waals surface area contributed by atoms with Crippen LogP contribution in [0.5, 0.6) is 0 Å². The lowest BCUT2D eigenvalue weighted by Gasteiger charge is -2.07. The number of rotatable bonds is 5. The zero-order valence-corrected chi connectivity index (χ0v) is 10.00. The van der Waals surface area contributed by atoms with Crippen molar-refractivity contribution in [3.05, 3.63) is 41.9 Å². The molecule has 2 aromatic heterocycles. The molecule has 6 nitrogen and oxygen atoms in total. The number of pyridine rings is 1. The summed E-state index contributed by atoms with van der Waals surface area (Å²) >= 11 is 0. The van der Waals surface area contributed by atoms with Gasteiger partial charge in [0, 0.05) is 24.6 Å². The van der Waals surface area contributed by atoms with Crippen molar-refractivity contribution in [2.24, 2.45) is 0 Å². The number of hydrogen-bond acceptors (Lipinski definition) is 4. The Balaban J connectivity index is 1.98. The molecule has 0 saturated heterocycles. The van der Waals surface area contributed by atoms with Gasteiger partial charge in [-0.1, -0.05) is 0 Å². The van der Waals surface area contributed by atoms with Crippen molar-refractivity contribution >= 4 is 11.8 Å². The summed E-state index contributed by atoms with van der Waals surface area (Å²) < 4.78 is 1.79. The summed E-state index contributed by atoms with van der Waals surface area (Å²) in [6, 6.07) is 4.92. The maximum atomic E-state index is 10.9. The lowest BCUT2D eigenvalue weighted by Crippen LogP contribution is -2.12. The van der Waals surface area contributed by atoms with Gasteiger partial charge >= 0.3 is 5.97 Å². The number of carboxylic acids is 1. The zero-order chi connectivity index (χ0) is 13.0. The molecule has 6 heteroatoms. The Morgan fingerprint density at radius 3 is 3.00 bits per heavy atom. The highest BCUT2D eigenvalue weighted by molar-refractivity contribution is 5.88. The molecule has 2 rings (SSSR count). The molecule has 0 saturated carbocycles. The van der Waals surface area contributed by atoms with Gasteiger partial charge in [-0.15, -0.1) is 0 Å². The van der Waals surface area contributed by atoms with E-state index in [4.69, 9.17) is 5.11 Å². The second-order valence-electron chi connectivity index (χ2n) is 3.88. The summed E-state index contributed by atoms with van der Waals surface area (Å²) in [6.07, 6.45) is 3.58. The van der Waals surface area contributed by atoms with Crippen LogP contribution < -0.4 is 5.32 Å². The average molecular weight is 246 g/mol. The third-order valence-corrected chi connectivity index (χ3v) is 2.41. The van der Waals surface area contributed by atoms with E-state index in [0.717, 1.165) is 0 Å². The first kappa shape index (κ1) is 12.1. The second kappa shape index (κ2) is 5.31. The van der Waals surface area contributed by atoms with Crippen LogP contribution in [0.2, 0.25) is 0 Å². The standard InChI is InChI=1S/C12H14N4O2/c1-9-7-10(12(17)18)8-11(15-9)13-4-6-16-5-2-3-14-16/h2-3,5,7-8H,4,6H2,1H3,(H,13,15)(H,17,18). The van der Waals surface area contributed by atoms with E-state index < -0.39 is 5.97 Å². The van der Waals surface area contributed by atoms with Crippen LogP contribution in [-0.4, -0.2) is 32.4 Å². The predicted octanol–water partition coefficient (Wildman–Crippen LogP) is 1.40. The van der Waals surface area contributed by atoms with Gasteiger partial charge in [0.25, 0.3) is 0 Å². The summed E-state index contributed by atoms with van der Waals surface area (Å²) in [5.74, 6) is -0.379. The third-order valence-electron chi connectivity index (χ3n) is 2.41. The minimum Gasteiger partial charge on any atom is -0.478 e. The van der Waals surface area contributed by atoms with E-state index >= 15 is 0 Å². The summed E-state index contributed by atoms with van der Waals surface area (Å²) in [4.78, 5) is 15.1. The van der Waals surface area contributed by atoms with Crippen molar-refractivity contribution < 1.29 is 9.90 Å². The molecule has 0 spiro atoms. The monoisotopic (exact) mass is 246 g/mol. The highest BCUT2D eigenvalue weighted by atomic mass is 16.4. The van der Waals surface area contributed by atoms with Gasteiger partial charge in [0.05, 0.1) is 12.1 Å². The molecule has 0 fully saturated rings. The van der Waals surface area contributed by atoms with Crippen LogP contribution in [0.15, 0.2) is 30.6 Å². The third kappa shape index (κ3) is 3.07. The van der Waals surface area contributed by atoms with E-state index in [0.29, 0.717) is 24.6 Å². The molecule has 18 heavy (non-hydrogen) atoms. The molecular weight excluding hydrogens is 232 g/mol. The van der Waals surface area contributed by atoms with Crippen LogP contribution in [0, 0.1) is 6.92 Å². The quantitative estimate of drug-likeness (QED) is 0.833. The van der Waals surface area contributed by atoms with Gasteiger partial charge in [0.15, 0.2) is 0 Å². The maximum Gasteiger partial charge on any atom is 0.335 e. The van der Waals surface area contributed by atoms with E-state index in [1.165, 1.54) is 6.07 Å². The van der Waals surface area contributed by atoms with E-state index in [-0.39, 0.29) is 5.56 Å². The lowest BCUT2D eigenvalue weighted by molar-refractivity contribution is 0.0696. The lowest BCUT2D eigenvalue weighted by atomic mass is 10.2. The molecule has 2 heterocycles. The molecule has 0 unspecified atom stereocenters. The fourth-order valence-corrected chi connectivity index (χ4v) is 1.61. The van der Waals surface area contributed by atoms with Crippen molar-refractivity contribution in [3.63, 3.8) is 0 Å². The fourth-order valence-electron chi connectivity index (χ4n) is 1.61. The van der Waals surface area contributed by atoms with Gasteiger partial charge in [-0.2, -0.15) is 5.10 Å². The maximum absolute atomic E-state index is 10.9. The largest absolute Gasteiger partial charge is 0.478 e. The number of carbonyl (C=O) groups is 1. The average Bonchev–Trinajstić information content (AvgIpc) is 2.81. The predicted molar refractivity (Wildman–Crippen MR) is 66.7 cm³/mol. The van der Waals surface area contributed by atoms with Crippen LogP contribution in [0.25, 0.3) is 0 Å². The summed E-state index contributed by atoms with van der Waals surface area (Å²) in [7, 11) is 0. The molecule has 2 aromatic rings. The van der Waals surface area contributed by atoms with Gasteiger partial charge in [-0.05, 0) is 25.1 Å². The Kier molecular flexibility index (Phi) is 3.57. The Labute approximate surface area is 104 Å². The first-order valence-corrected chi connectivity index (χ1v) is 5.58. The number of nitrogens with zero attached hydrogens (tertiary/aromatic N) is 3. The van der Waals surface area contributed by atoms with Crippen LogP contribution in [0.1, 0.15) is 16.1 Å². The molecule has 0 amide bonds. The highest BCUT2D eigenvalue weighted by Gasteiger charge is 2.06. The molecule has 94 valence electrons. The molecule has 0 atom stereocenters. The molecule has 0 radical (unpaired) electrons. The Bertz CT molecular complexity index is 537. The number of aryl methyl sites for hydroxylation is 1. The molecule has 0 aromatic carbocycles. The fraction of sp³-hybridized carbons (Fsp3) is 0.250. The van der Waals surface area contributed by atoms with Gasteiger partial charge in [-0.25, -0.2) is 9.78 Å². The van der Waals surface area contributed by atoms with Gasteiger partial charge in [0.1, 0.15) is 5.82 Å². The van der Waals surface area contributed by atoms with Gasteiger partial charge in [0.2, 0.25) is 0 Å². The second-order valence-corrected chi connectivity index (χ2v) is 3.88. The zero-order valence-electron chi connectivity index (χ0n) is 10.00. The minimum atomic E-state index is -0.948. The Morgan fingerprint density at radius 1 is 1.50 bits per heavy atom. The van der Waals surface area contributed by atoms with Crippen LogP contribution in [-0.2, 0) is 6.54 Å². The summed E-state index contributed by atoms with van der Waals surface area (Å²) in [5.41, 5.74) is 0.917. The summed E-state index contributed by atoms with van der Waals surface area (Å²) in [5, 5.41) is 16.1. The van der Waals surface area contributed by atoms with Gasteiger partial charge < -0.3 is 10.4 Å². The van der Waals surface area contributed by atoms with Crippen LogP contribution in [0.4, 0.5) is 5.82 Å². The van der Waals surface area contributed by atoms with Crippen molar-refractivity contribution in [2.75, 3.05) is 11.9 Å². The molecular formula is C12H14N4O2. The first-order valence-electron chi connectivity index (χ1n) is 5.58. The van der Waals surface area contributed by atoms with E-state index in [1.54, 1.807) is 23.9 Å². The van der Waals surface area contributed by atoms with Crippen LogP contribution >= 0.6 is 0 Å². The van der Waals surface area contributed by atoms with Crippen molar-refractivity contribution in [2.45, 2.75) is 13.5 Å². The Hall–Kier alpha value is -2.37. The molecule has 0 aliphatic carbocycles. The number of aromatic carboxylic acids is 1. The Morgan fingerprint density at radius 2 is 2.33 bits per heavy atom. The number of aromatic nitrogens is 3. The van der Waals surface area contributed by atoms with Crippen molar-refractivity contribution in [1.29, 1.82) is 0 Å². The number of hydrogen-bond donors (Lipinski definition) is 2. The van der Waals surface area contributed by atoms with E-state index in [1.807, 2.05) is 12.3 Å². The molecule has 2 N–H and O–H groups in total. The smallest absolute Gasteiger partial charge is 0.335 e. The molecule has 0 aliphatic heterocycles. The van der Waals surface area contributed by atoms with Crippen molar-refractivity contribution in [3.8, 4) is 0 Å². The molecule has 0 bridgehead atoms.